The van der Waals surface area contributed by atoms with E-state index in [1.807, 2.05) is 11.9 Å². The number of alkyl halides is 1. The second-order valence-electron chi connectivity index (χ2n) is 4.06. The largest absolute Gasteiger partial charge is 0.492 e. The van der Waals surface area contributed by atoms with Crippen molar-refractivity contribution in [3.63, 3.8) is 0 Å². The first-order valence-corrected chi connectivity index (χ1v) is 5.80. The zero-order valence-corrected chi connectivity index (χ0v) is 10.4. The van der Waals surface area contributed by atoms with Gasteiger partial charge in [-0.05, 0) is 24.7 Å². The van der Waals surface area contributed by atoms with Crippen molar-refractivity contribution in [1.29, 1.82) is 0 Å². The lowest BCUT2D eigenvalue weighted by atomic mass is 10.1. The molecular weight excluding hydrogens is 237 g/mol. The molecule has 0 saturated carbocycles. The number of hydrogen-bond acceptors (Lipinski definition) is 3. The van der Waals surface area contributed by atoms with Gasteiger partial charge in [-0.1, -0.05) is 12.1 Å². The van der Waals surface area contributed by atoms with Crippen molar-refractivity contribution in [3.8, 4) is 5.75 Å². The maximum Gasteiger partial charge on any atom is 0.307 e. The van der Waals surface area contributed by atoms with Gasteiger partial charge in [0.1, 0.15) is 19.0 Å². The van der Waals surface area contributed by atoms with Crippen LogP contribution in [-0.4, -0.2) is 49.4 Å². The summed E-state index contributed by atoms with van der Waals surface area (Å²) in [4.78, 5) is 12.3. The third-order valence-corrected chi connectivity index (χ3v) is 2.49. The van der Waals surface area contributed by atoms with Crippen LogP contribution >= 0.6 is 0 Å². The molecule has 0 heterocycles. The van der Waals surface area contributed by atoms with Crippen LogP contribution in [0.1, 0.15) is 5.56 Å². The summed E-state index contributed by atoms with van der Waals surface area (Å²) in [5.41, 5.74) is 0.740. The normalized spacial score (nSPS) is 10.6. The van der Waals surface area contributed by atoms with Crippen LogP contribution in [0.3, 0.4) is 0 Å². The van der Waals surface area contributed by atoms with E-state index >= 15 is 0 Å². The van der Waals surface area contributed by atoms with E-state index < -0.39 is 5.97 Å². The predicted molar refractivity (Wildman–Crippen MR) is 66.7 cm³/mol. The molecule has 1 rings (SSSR count). The Balaban J connectivity index is 2.32. The zero-order valence-electron chi connectivity index (χ0n) is 10.4. The number of nitrogens with zero attached hydrogens (tertiary/aromatic N) is 1. The molecule has 0 spiro atoms. The third kappa shape index (κ3) is 5.63. The molecule has 1 N–H and O–H groups in total. The van der Waals surface area contributed by atoms with Crippen molar-refractivity contribution in [2.75, 3.05) is 33.4 Å². The van der Waals surface area contributed by atoms with Crippen molar-refractivity contribution in [2.24, 2.45) is 0 Å². The number of carbonyl (C=O) groups is 1. The summed E-state index contributed by atoms with van der Waals surface area (Å²) in [6.45, 7) is 1.18. The molecule has 0 aliphatic carbocycles. The number of likely N-dealkylation sites (N-methyl/N-ethyl adjacent to an activating group) is 1. The van der Waals surface area contributed by atoms with Crippen molar-refractivity contribution in [1.82, 2.24) is 4.90 Å². The van der Waals surface area contributed by atoms with Crippen molar-refractivity contribution >= 4 is 5.97 Å². The van der Waals surface area contributed by atoms with Gasteiger partial charge in [0, 0.05) is 13.1 Å². The van der Waals surface area contributed by atoms with Gasteiger partial charge in [0.15, 0.2) is 0 Å². The number of benzene rings is 1. The molecule has 0 aromatic heterocycles. The number of carboxylic acids is 1. The smallest absolute Gasteiger partial charge is 0.307 e. The van der Waals surface area contributed by atoms with Crippen LogP contribution in [0.2, 0.25) is 0 Å². The van der Waals surface area contributed by atoms with Crippen LogP contribution in [0.5, 0.6) is 5.75 Å². The van der Waals surface area contributed by atoms with E-state index in [4.69, 9.17) is 9.84 Å². The summed E-state index contributed by atoms with van der Waals surface area (Å²) in [6, 6.07) is 6.95. The molecule has 100 valence electrons. The topological polar surface area (TPSA) is 49.8 Å². The predicted octanol–water partition coefficient (Wildman–Crippen LogP) is 1.59. The first-order valence-electron chi connectivity index (χ1n) is 5.80. The molecule has 0 atom stereocenters. The Morgan fingerprint density at radius 1 is 1.33 bits per heavy atom. The Morgan fingerprint density at radius 2 is 2.00 bits per heavy atom. The molecule has 0 amide bonds. The van der Waals surface area contributed by atoms with Crippen LogP contribution in [0.15, 0.2) is 24.3 Å². The van der Waals surface area contributed by atoms with E-state index in [1.165, 1.54) is 0 Å². The minimum atomic E-state index is -0.850. The van der Waals surface area contributed by atoms with Gasteiger partial charge in [0.2, 0.25) is 0 Å². The summed E-state index contributed by atoms with van der Waals surface area (Å²) in [6.07, 6.45) is 0.0134. The van der Waals surface area contributed by atoms with Gasteiger partial charge in [-0.2, -0.15) is 0 Å². The van der Waals surface area contributed by atoms with E-state index in [9.17, 15) is 9.18 Å². The molecule has 0 unspecified atom stereocenters. The average molecular weight is 255 g/mol. The number of halogens is 1. The van der Waals surface area contributed by atoms with E-state index in [-0.39, 0.29) is 13.1 Å². The van der Waals surface area contributed by atoms with Crippen molar-refractivity contribution in [2.45, 2.75) is 6.42 Å². The molecule has 0 radical (unpaired) electrons. The Kier molecular flexibility index (Phi) is 6.14. The first kappa shape index (κ1) is 14.4. The second-order valence-corrected chi connectivity index (χ2v) is 4.06. The maximum atomic E-state index is 12.0. The number of carboxylic acid groups (broad SMARTS) is 1. The minimum Gasteiger partial charge on any atom is -0.492 e. The van der Waals surface area contributed by atoms with Crippen LogP contribution in [0, 0.1) is 0 Å². The molecule has 0 aliphatic rings. The number of hydrogen-bond donors (Lipinski definition) is 1. The highest BCUT2D eigenvalue weighted by Gasteiger charge is 2.01. The molecule has 0 bridgehead atoms. The molecule has 1 aromatic carbocycles. The summed E-state index contributed by atoms with van der Waals surface area (Å²) < 4.78 is 17.5. The van der Waals surface area contributed by atoms with E-state index in [0.717, 1.165) is 5.56 Å². The lowest BCUT2D eigenvalue weighted by molar-refractivity contribution is -0.136. The fraction of sp³-hybridized carbons (Fsp3) is 0.462. The minimum absolute atomic E-state index is 0.0134. The van der Waals surface area contributed by atoms with Crippen LogP contribution in [0.25, 0.3) is 0 Å². The highest BCUT2D eigenvalue weighted by molar-refractivity contribution is 5.70. The molecule has 0 saturated heterocycles. The SMILES string of the molecule is CN(CCF)CCOc1ccc(CC(=O)O)cc1. The molecule has 4 nitrogen and oxygen atoms in total. The Hall–Kier alpha value is -1.62. The highest BCUT2D eigenvalue weighted by atomic mass is 19.1. The number of rotatable bonds is 8. The highest BCUT2D eigenvalue weighted by Crippen LogP contribution is 2.12. The summed E-state index contributed by atoms with van der Waals surface area (Å²) >= 11 is 0. The fourth-order valence-electron chi connectivity index (χ4n) is 1.45. The van der Waals surface area contributed by atoms with Gasteiger partial charge >= 0.3 is 5.97 Å². The van der Waals surface area contributed by atoms with Gasteiger partial charge in [0.25, 0.3) is 0 Å². The van der Waals surface area contributed by atoms with Crippen molar-refractivity contribution in [3.05, 3.63) is 29.8 Å². The molecule has 0 aliphatic heterocycles. The Labute approximate surface area is 106 Å². The monoisotopic (exact) mass is 255 g/mol. The second kappa shape index (κ2) is 7.66. The summed E-state index contributed by atoms with van der Waals surface area (Å²) in [7, 11) is 1.83. The Bertz CT molecular complexity index is 367. The molecule has 1 aromatic rings. The van der Waals surface area contributed by atoms with Gasteiger partial charge < -0.3 is 14.7 Å². The zero-order chi connectivity index (χ0) is 13.4. The van der Waals surface area contributed by atoms with Crippen LogP contribution in [0.4, 0.5) is 4.39 Å². The van der Waals surface area contributed by atoms with Crippen molar-refractivity contribution < 1.29 is 19.0 Å². The summed E-state index contributed by atoms with van der Waals surface area (Å²) in [5, 5.41) is 8.62. The maximum absolute atomic E-state index is 12.0. The number of ether oxygens (including phenoxy) is 1. The van der Waals surface area contributed by atoms with Crippen LogP contribution in [-0.2, 0) is 11.2 Å². The number of aliphatic carboxylic acids is 1. The molecule has 18 heavy (non-hydrogen) atoms. The van der Waals surface area contributed by atoms with E-state index in [0.29, 0.717) is 25.4 Å². The Morgan fingerprint density at radius 3 is 2.56 bits per heavy atom. The lowest BCUT2D eigenvalue weighted by Gasteiger charge is -2.14. The summed E-state index contributed by atoms with van der Waals surface area (Å²) in [5.74, 6) is -0.158. The molecular formula is C13H18FNO3. The standard InChI is InChI=1S/C13H18FNO3/c1-15(7-6-14)8-9-18-12-4-2-11(3-5-12)10-13(16)17/h2-5H,6-10H2,1H3,(H,16,17). The van der Waals surface area contributed by atoms with E-state index in [2.05, 4.69) is 0 Å². The lowest BCUT2D eigenvalue weighted by Crippen LogP contribution is -2.26. The van der Waals surface area contributed by atoms with Crippen LogP contribution < -0.4 is 4.74 Å². The van der Waals surface area contributed by atoms with Gasteiger partial charge in [0.05, 0.1) is 6.42 Å². The van der Waals surface area contributed by atoms with Gasteiger partial charge in [-0.15, -0.1) is 0 Å². The third-order valence-electron chi connectivity index (χ3n) is 2.49. The van der Waals surface area contributed by atoms with Gasteiger partial charge in [-0.3, -0.25) is 4.79 Å². The van der Waals surface area contributed by atoms with Gasteiger partial charge in [-0.25, -0.2) is 4.39 Å². The first-order chi connectivity index (χ1) is 8.61. The average Bonchev–Trinajstić information content (AvgIpc) is 2.31. The molecule has 0 fully saturated rings. The fourth-order valence-corrected chi connectivity index (χ4v) is 1.45. The quantitative estimate of drug-likeness (QED) is 0.766. The van der Waals surface area contributed by atoms with E-state index in [1.54, 1.807) is 24.3 Å². The molecule has 5 heteroatoms.